The topological polar surface area (TPSA) is 25.0 Å². The molecule has 1 N–H and O–H groups in total. The van der Waals surface area contributed by atoms with Gasteiger partial charge in [0.05, 0.1) is 0 Å². The number of H-pyrrole nitrogens is 1. The Kier molecular flexibility index (Phi) is 1.82. The van der Waals surface area contributed by atoms with Gasteiger partial charge in [-0.25, -0.2) is 0 Å². The molecule has 0 bridgehead atoms. The molecule has 2 heteroatoms. The first kappa shape index (κ1) is 6.98. The second-order valence-electron chi connectivity index (χ2n) is 2.46. The number of hydrogen-bond donors (Lipinski definition) is 1. The van der Waals surface area contributed by atoms with Crippen molar-refractivity contribution in [1.82, 2.24) is 4.98 Å². The van der Waals surface area contributed by atoms with Gasteiger partial charge in [0.25, 0.3) is 0 Å². The van der Waals surface area contributed by atoms with Crippen LogP contribution in [0.1, 0.15) is 0 Å². The highest BCUT2D eigenvalue weighted by molar-refractivity contribution is 5.28. The molecule has 0 aliphatic carbocycles. The fraction of sp³-hybridized carbons (Fsp3) is 0. The van der Waals surface area contributed by atoms with Crippen molar-refractivity contribution >= 4 is 0 Å². The van der Waals surface area contributed by atoms with Crippen molar-refractivity contribution in [1.29, 1.82) is 0 Å². The van der Waals surface area contributed by atoms with Gasteiger partial charge in [-0.3, -0.25) is 0 Å². The van der Waals surface area contributed by atoms with Crippen molar-refractivity contribution in [2.24, 2.45) is 0 Å². The summed E-state index contributed by atoms with van der Waals surface area (Å²) in [5, 5.41) is 0. The van der Waals surface area contributed by atoms with Crippen LogP contribution in [0.5, 0.6) is 11.5 Å². The molecule has 1 heterocycles. The molecule has 0 saturated carbocycles. The van der Waals surface area contributed by atoms with Gasteiger partial charge < -0.3 is 9.72 Å². The maximum Gasteiger partial charge on any atom is 0.144 e. The van der Waals surface area contributed by atoms with Crippen LogP contribution in [0.15, 0.2) is 48.8 Å². The molecule has 1 aromatic carbocycles. The zero-order valence-corrected chi connectivity index (χ0v) is 6.53. The van der Waals surface area contributed by atoms with Crippen LogP contribution >= 0.6 is 0 Å². The van der Waals surface area contributed by atoms with Crippen molar-refractivity contribution < 1.29 is 4.74 Å². The van der Waals surface area contributed by atoms with Gasteiger partial charge in [0.2, 0.25) is 0 Å². The number of ether oxygens (including phenoxy) is 1. The lowest BCUT2D eigenvalue weighted by molar-refractivity contribution is 0.483. The van der Waals surface area contributed by atoms with Gasteiger partial charge >= 0.3 is 0 Å². The van der Waals surface area contributed by atoms with E-state index in [2.05, 4.69) is 4.98 Å². The van der Waals surface area contributed by atoms with Crippen LogP contribution in [-0.2, 0) is 0 Å². The average molecular weight is 159 g/mol. The summed E-state index contributed by atoms with van der Waals surface area (Å²) < 4.78 is 5.49. The molecule has 2 aromatic rings. The Bertz CT molecular complexity index is 326. The van der Waals surface area contributed by atoms with Gasteiger partial charge in [-0.15, -0.1) is 0 Å². The Balaban J connectivity index is 2.15. The lowest BCUT2D eigenvalue weighted by atomic mass is 10.3. The highest BCUT2D eigenvalue weighted by Gasteiger charge is 1.93. The minimum absolute atomic E-state index is 0.834. The van der Waals surface area contributed by atoms with Crippen LogP contribution in [0.25, 0.3) is 0 Å². The average Bonchev–Trinajstić information content (AvgIpc) is 2.59. The molecule has 0 spiro atoms. The first-order valence-corrected chi connectivity index (χ1v) is 3.81. The van der Waals surface area contributed by atoms with Gasteiger partial charge in [0, 0.05) is 12.4 Å². The van der Waals surface area contributed by atoms with Crippen LogP contribution in [0.2, 0.25) is 0 Å². The molecule has 2 nitrogen and oxygen atoms in total. The molecule has 0 amide bonds. The largest absolute Gasteiger partial charge is 0.456 e. The van der Waals surface area contributed by atoms with Crippen molar-refractivity contribution in [3.8, 4) is 11.5 Å². The third-order valence-corrected chi connectivity index (χ3v) is 1.55. The van der Waals surface area contributed by atoms with E-state index < -0.39 is 0 Å². The second-order valence-corrected chi connectivity index (χ2v) is 2.46. The molecule has 2 rings (SSSR count). The van der Waals surface area contributed by atoms with E-state index in [4.69, 9.17) is 4.74 Å². The molecule has 0 saturated heterocycles. The van der Waals surface area contributed by atoms with E-state index in [0.717, 1.165) is 11.5 Å². The highest BCUT2D eigenvalue weighted by Crippen LogP contribution is 2.19. The fourth-order valence-electron chi connectivity index (χ4n) is 0.997. The normalized spacial score (nSPS) is 9.67. The molecule has 0 aliphatic rings. The molecule has 0 fully saturated rings. The summed E-state index contributed by atoms with van der Waals surface area (Å²) in [4.78, 5) is 2.92. The summed E-state index contributed by atoms with van der Waals surface area (Å²) in [6.07, 6.45) is 3.64. The maximum atomic E-state index is 5.49. The number of para-hydroxylation sites is 1. The van der Waals surface area contributed by atoms with Crippen LogP contribution in [0.4, 0.5) is 0 Å². The predicted octanol–water partition coefficient (Wildman–Crippen LogP) is 2.81. The molecule has 0 unspecified atom stereocenters. The van der Waals surface area contributed by atoms with E-state index >= 15 is 0 Å². The molecule has 0 aliphatic heterocycles. The Labute approximate surface area is 70.8 Å². The van der Waals surface area contributed by atoms with E-state index in [1.165, 1.54) is 0 Å². The van der Waals surface area contributed by atoms with E-state index in [1.54, 1.807) is 0 Å². The van der Waals surface area contributed by atoms with Gasteiger partial charge in [0.15, 0.2) is 0 Å². The van der Waals surface area contributed by atoms with Crippen molar-refractivity contribution in [3.05, 3.63) is 48.8 Å². The quantitative estimate of drug-likeness (QED) is 0.716. The van der Waals surface area contributed by atoms with Crippen molar-refractivity contribution in [3.63, 3.8) is 0 Å². The number of rotatable bonds is 2. The molecular formula is C10H9NO. The highest BCUT2D eigenvalue weighted by atomic mass is 16.5. The number of aromatic nitrogens is 1. The summed E-state index contributed by atoms with van der Waals surface area (Å²) in [6, 6.07) is 11.6. The molecule has 1 aromatic heterocycles. The molecule has 12 heavy (non-hydrogen) atoms. The number of benzene rings is 1. The number of hydrogen-bond acceptors (Lipinski definition) is 1. The zero-order chi connectivity index (χ0) is 8.23. The first-order chi connectivity index (χ1) is 5.95. The SMILES string of the molecule is c1ccc(Oc2cc[nH]c2)cc1. The Hall–Kier alpha value is -1.70. The predicted molar refractivity (Wildman–Crippen MR) is 47.3 cm³/mol. The molecular weight excluding hydrogens is 150 g/mol. The van der Waals surface area contributed by atoms with Gasteiger partial charge in [-0.1, -0.05) is 18.2 Å². The van der Waals surface area contributed by atoms with E-state index in [9.17, 15) is 0 Å². The third-order valence-electron chi connectivity index (χ3n) is 1.55. The second kappa shape index (κ2) is 3.13. The molecule has 0 atom stereocenters. The summed E-state index contributed by atoms with van der Waals surface area (Å²) in [7, 11) is 0. The fourth-order valence-corrected chi connectivity index (χ4v) is 0.997. The van der Waals surface area contributed by atoms with Crippen LogP contribution in [-0.4, -0.2) is 4.98 Å². The van der Waals surface area contributed by atoms with E-state index in [0.29, 0.717) is 0 Å². The summed E-state index contributed by atoms with van der Waals surface area (Å²) in [5.74, 6) is 1.69. The summed E-state index contributed by atoms with van der Waals surface area (Å²) >= 11 is 0. The number of aromatic amines is 1. The van der Waals surface area contributed by atoms with Gasteiger partial charge in [-0.2, -0.15) is 0 Å². The molecule has 0 radical (unpaired) electrons. The molecule has 60 valence electrons. The monoisotopic (exact) mass is 159 g/mol. The van der Waals surface area contributed by atoms with Crippen LogP contribution in [0, 0.1) is 0 Å². The number of nitrogens with one attached hydrogen (secondary N) is 1. The van der Waals surface area contributed by atoms with Gasteiger partial charge in [-0.05, 0) is 18.2 Å². The van der Waals surface area contributed by atoms with Crippen molar-refractivity contribution in [2.75, 3.05) is 0 Å². The maximum absolute atomic E-state index is 5.49. The van der Waals surface area contributed by atoms with E-state index in [1.807, 2.05) is 48.8 Å². The Morgan fingerprint density at radius 2 is 1.75 bits per heavy atom. The van der Waals surface area contributed by atoms with E-state index in [-0.39, 0.29) is 0 Å². The summed E-state index contributed by atoms with van der Waals surface area (Å²) in [5.41, 5.74) is 0. The standard InChI is InChI=1S/C10H9NO/c1-2-4-9(5-3-1)12-10-6-7-11-8-10/h1-8,11H. The smallest absolute Gasteiger partial charge is 0.144 e. The third kappa shape index (κ3) is 1.48. The lowest BCUT2D eigenvalue weighted by Crippen LogP contribution is -1.79. The Morgan fingerprint density at radius 3 is 2.42 bits per heavy atom. The lowest BCUT2D eigenvalue weighted by Gasteiger charge is -2.00. The van der Waals surface area contributed by atoms with Crippen molar-refractivity contribution in [2.45, 2.75) is 0 Å². The first-order valence-electron chi connectivity index (χ1n) is 3.81. The zero-order valence-electron chi connectivity index (χ0n) is 6.53. The van der Waals surface area contributed by atoms with Crippen LogP contribution in [0.3, 0.4) is 0 Å². The minimum Gasteiger partial charge on any atom is -0.456 e. The van der Waals surface area contributed by atoms with Gasteiger partial charge in [0.1, 0.15) is 11.5 Å². The minimum atomic E-state index is 0.834. The summed E-state index contributed by atoms with van der Waals surface area (Å²) in [6.45, 7) is 0. The van der Waals surface area contributed by atoms with Crippen LogP contribution < -0.4 is 4.74 Å². The Morgan fingerprint density at radius 1 is 0.917 bits per heavy atom.